The van der Waals surface area contributed by atoms with Crippen LogP contribution in [0.2, 0.25) is 0 Å². The quantitative estimate of drug-likeness (QED) is 0.0545. The highest BCUT2D eigenvalue weighted by atomic mass is 32.2. The summed E-state index contributed by atoms with van der Waals surface area (Å²) in [6, 6.07) is 9.25. The van der Waals surface area contributed by atoms with Crippen LogP contribution in [0, 0.1) is 0 Å². The van der Waals surface area contributed by atoms with Gasteiger partial charge in [-0.2, -0.15) is 0 Å². The van der Waals surface area contributed by atoms with E-state index >= 15 is 0 Å². The Bertz CT molecular complexity index is 752. The first-order valence-electron chi connectivity index (χ1n) is 17.6. The molecule has 2 aromatic rings. The van der Waals surface area contributed by atoms with E-state index < -0.39 is 0 Å². The van der Waals surface area contributed by atoms with Crippen molar-refractivity contribution in [2.24, 2.45) is 0 Å². The standard InChI is InChI=1S/C37H64N2S2/c1-3-5-7-9-16-20-28-38-30-24-36(25-31-38)40-34-22-18-14-12-11-13-15-19-23-35-41-37-26-32-39(33-27-37)29-21-17-10-8-6-4-2/h24-27,30-33H,3-23,28-29,34-35H2,1-2H3/q+2. The maximum atomic E-state index is 2.36. The molecule has 0 radical (unpaired) electrons. The fraction of sp³-hybridized carbons (Fsp3) is 0.730. The maximum Gasteiger partial charge on any atom is 0.169 e. The number of pyridine rings is 2. The van der Waals surface area contributed by atoms with E-state index in [0.29, 0.717) is 0 Å². The number of unbranched alkanes of at least 4 members (excludes halogenated alkanes) is 18. The Labute approximate surface area is 263 Å². The average Bonchev–Trinajstić information content (AvgIpc) is 3.00. The number of thioether (sulfide) groups is 2. The van der Waals surface area contributed by atoms with Crippen molar-refractivity contribution >= 4 is 23.5 Å². The summed E-state index contributed by atoms with van der Waals surface area (Å²) >= 11 is 4.07. The summed E-state index contributed by atoms with van der Waals surface area (Å²) in [5.41, 5.74) is 0. The fourth-order valence-electron chi connectivity index (χ4n) is 5.35. The molecule has 0 atom stereocenters. The molecule has 0 bridgehead atoms. The summed E-state index contributed by atoms with van der Waals surface area (Å²) in [6.45, 7) is 6.91. The molecule has 0 amide bonds. The van der Waals surface area contributed by atoms with E-state index in [1.54, 1.807) is 0 Å². The Balaban J connectivity index is 1.34. The van der Waals surface area contributed by atoms with Gasteiger partial charge in [0, 0.05) is 46.9 Å². The van der Waals surface area contributed by atoms with Gasteiger partial charge in [0.15, 0.2) is 24.8 Å². The lowest BCUT2D eigenvalue weighted by Crippen LogP contribution is -2.32. The van der Waals surface area contributed by atoms with Crippen molar-refractivity contribution in [3.63, 3.8) is 0 Å². The molecule has 2 rings (SSSR count). The van der Waals surface area contributed by atoms with Gasteiger partial charge in [0.25, 0.3) is 0 Å². The van der Waals surface area contributed by atoms with E-state index in [1.165, 1.54) is 169 Å². The average molecular weight is 601 g/mol. The van der Waals surface area contributed by atoms with Gasteiger partial charge in [-0.3, -0.25) is 0 Å². The van der Waals surface area contributed by atoms with E-state index in [0.717, 1.165) is 0 Å². The van der Waals surface area contributed by atoms with Crippen molar-refractivity contribution in [3.8, 4) is 0 Å². The Hall–Kier alpha value is -1.00. The highest BCUT2D eigenvalue weighted by Crippen LogP contribution is 2.20. The van der Waals surface area contributed by atoms with Crippen molar-refractivity contribution in [3.05, 3.63) is 49.1 Å². The number of nitrogens with zero attached hydrogens (tertiary/aromatic N) is 2. The van der Waals surface area contributed by atoms with E-state index in [2.05, 4.69) is 72.0 Å². The van der Waals surface area contributed by atoms with Crippen LogP contribution in [0.5, 0.6) is 0 Å². The molecule has 2 heterocycles. The second-order valence-corrected chi connectivity index (χ2v) is 14.3. The van der Waals surface area contributed by atoms with Crippen LogP contribution in [-0.2, 0) is 13.1 Å². The zero-order valence-electron chi connectivity index (χ0n) is 27.0. The van der Waals surface area contributed by atoms with Gasteiger partial charge in [-0.15, -0.1) is 23.5 Å². The predicted octanol–water partition coefficient (Wildman–Crippen LogP) is 11.4. The normalized spacial score (nSPS) is 11.4. The lowest BCUT2D eigenvalue weighted by molar-refractivity contribution is -0.697. The molecule has 0 aliphatic rings. The van der Waals surface area contributed by atoms with Gasteiger partial charge in [-0.1, -0.05) is 110 Å². The van der Waals surface area contributed by atoms with Crippen LogP contribution in [0.25, 0.3) is 0 Å². The second-order valence-electron chi connectivity index (χ2n) is 12.0. The van der Waals surface area contributed by atoms with Crippen molar-refractivity contribution in [1.29, 1.82) is 0 Å². The summed E-state index contributed by atoms with van der Waals surface area (Å²) in [5, 5.41) is 0. The maximum absolute atomic E-state index is 2.36. The van der Waals surface area contributed by atoms with Crippen LogP contribution in [0.3, 0.4) is 0 Å². The molecule has 232 valence electrons. The topological polar surface area (TPSA) is 7.76 Å². The summed E-state index contributed by atoms with van der Waals surface area (Å²) in [7, 11) is 0. The molecular formula is C37H64N2S2+2. The minimum atomic E-state index is 1.17. The fourth-order valence-corrected chi connectivity index (χ4v) is 7.15. The highest BCUT2D eigenvalue weighted by Gasteiger charge is 2.04. The van der Waals surface area contributed by atoms with Gasteiger partial charge >= 0.3 is 0 Å². The van der Waals surface area contributed by atoms with E-state index in [4.69, 9.17) is 0 Å². The third-order valence-electron chi connectivity index (χ3n) is 8.09. The Kier molecular flexibility index (Phi) is 23.5. The molecule has 41 heavy (non-hydrogen) atoms. The summed E-state index contributed by atoms with van der Waals surface area (Å²) < 4.78 is 4.72. The minimum absolute atomic E-state index is 1.17. The van der Waals surface area contributed by atoms with Crippen molar-refractivity contribution in [2.45, 2.75) is 172 Å². The molecule has 2 nitrogen and oxygen atoms in total. The van der Waals surface area contributed by atoms with Crippen LogP contribution in [0.1, 0.15) is 149 Å². The summed E-state index contributed by atoms with van der Waals surface area (Å²) in [6.07, 6.45) is 38.2. The highest BCUT2D eigenvalue weighted by molar-refractivity contribution is 7.99. The molecule has 0 saturated carbocycles. The third-order valence-corrected chi connectivity index (χ3v) is 10.3. The van der Waals surface area contributed by atoms with Crippen LogP contribution < -0.4 is 9.13 Å². The van der Waals surface area contributed by atoms with Gasteiger partial charge in [0.05, 0.1) is 0 Å². The molecule has 0 saturated heterocycles. The van der Waals surface area contributed by atoms with E-state index in [9.17, 15) is 0 Å². The van der Waals surface area contributed by atoms with Gasteiger partial charge in [0.1, 0.15) is 13.1 Å². The third kappa shape index (κ3) is 20.5. The SMILES string of the molecule is CCCCCCCC[n+]1ccc(SCCCCCCCCCCCSc2cc[n+](CCCCCCCC)cc2)cc1. The minimum Gasteiger partial charge on any atom is -0.205 e. The molecule has 0 unspecified atom stereocenters. The second kappa shape index (κ2) is 26.6. The lowest BCUT2D eigenvalue weighted by atomic mass is 10.1. The molecule has 4 heteroatoms. The van der Waals surface area contributed by atoms with Gasteiger partial charge in [-0.05, 0) is 37.2 Å². The number of hydrogen-bond donors (Lipinski definition) is 0. The van der Waals surface area contributed by atoms with Gasteiger partial charge in [-0.25, -0.2) is 9.13 Å². The summed E-state index contributed by atoms with van der Waals surface area (Å²) in [4.78, 5) is 2.86. The molecular weight excluding hydrogens is 537 g/mol. The molecule has 0 N–H and O–H groups in total. The number of hydrogen-bond acceptors (Lipinski definition) is 2. The largest absolute Gasteiger partial charge is 0.205 e. The van der Waals surface area contributed by atoms with Crippen LogP contribution >= 0.6 is 23.5 Å². The number of rotatable bonds is 28. The predicted molar refractivity (Wildman–Crippen MR) is 183 cm³/mol. The number of aromatic nitrogens is 2. The van der Waals surface area contributed by atoms with Crippen molar-refractivity contribution in [1.82, 2.24) is 0 Å². The van der Waals surface area contributed by atoms with E-state index in [1.807, 2.05) is 23.5 Å². The monoisotopic (exact) mass is 600 g/mol. The Morgan fingerprint density at radius 1 is 0.390 bits per heavy atom. The zero-order chi connectivity index (χ0) is 29.1. The van der Waals surface area contributed by atoms with Crippen molar-refractivity contribution in [2.75, 3.05) is 11.5 Å². The van der Waals surface area contributed by atoms with Gasteiger partial charge in [0.2, 0.25) is 0 Å². The first-order chi connectivity index (χ1) is 20.3. The molecule has 0 aliphatic carbocycles. The first kappa shape index (κ1) is 36.2. The van der Waals surface area contributed by atoms with Crippen LogP contribution in [-0.4, -0.2) is 11.5 Å². The Morgan fingerprint density at radius 2 is 0.683 bits per heavy atom. The zero-order valence-corrected chi connectivity index (χ0v) is 28.6. The molecule has 0 spiro atoms. The van der Waals surface area contributed by atoms with E-state index in [-0.39, 0.29) is 0 Å². The molecule has 0 aromatic carbocycles. The first-order valence-corrected chi connectivity index (χ1v) is 19.5. The van der Waals surface area contributed by atoms with Crippen molar-refractivity contribution < 1.29 is 9.13 Å². The van der Waals surface area contributed by atoms with Crippen LogP contribution in [0.4, 0.5) is 0 Å². The molecule has 0 fully saturated rings. The summed E-state index contributed by atoms with van der Waals surface area (Å²) in [5.74, 6) is 2.53. The molecule has 0 aliphatic heterocycles. The number of aryl methyl sites for hydroxylation is 2. The lowest BCUT2D eigenvalue weighted by Gasteiger charge is -2.04. The Morgan fingerprint density at radius 3 is 1.02 bits per heavy atom. The molecule has 2 aromatic heterocycles. The van der Waals surface area contributed by atoms with Crippen LogP contribution in [0.15, 0.2) is 58.8 Å². The van der Waals surface area contributed by atoms with Gasteiger partial charge < -0.3 is 0 Å². The smallest absolute Gasteiger partial charge is 0.169 e.